The molecule has 0 radical (unpaired) electrons. The van der Waals surface area contributed by atoms with Crippen molar-refractivity contribution in [2.45, 2.75) is 12.2 Å². The summed E-state index contributed by atoms with van der Waals surface area (Å²) in [5, 5.41) is 0.963. The minimum absolute atomic E-state index is 0.299. The Hall–Kier alpha value is -1.50. The van der Waals surface area contributed by atoms with E-state index in [1.54, 1.807) is 18.9 Å². The minimum Gasteiger partial charge on any atom is -0.451 e. The first-order chi connectivity index (χ1) is 9.77. The Morgan fingerprint density at radius 2 is 2.25 bits per heavy atom. The lowest BCUT2D eigenvalue weighted by molar-refractivity contribution is 0.0927. The van der Waals surface area contributed by atoms with Crippen LogP contribution in [0.15, 0.2) is 28.7 Å². The Morgan fingerprint density at radius 3 is 3.00 bits per heavy atom. The summed E-state index contributed by atoms with van der Waals surface area (Å²) in [4.78, 5) is 11.8. The molecule has 0 aliphatic carbocycles. The Labute approximate surface area is 121 Å². The number of nitrogens with two attached hydrogens (primary N) is 1. The number of rotatable bonds is 7. The number of hydrogen-bond acceptors (Lipinski definition) is 5. The molecule has 0 unspecified atom stereocenters. The van der Waals surface area contributed by atoms with Crippen LogP contribution >= 0.6 is 11.8 Å². The van der Waals surface area contributed by atoms with Crippen LogP contribution in [-0.4, -0.2) is 25.4 Å². The van der Waals surface area contributed by atoms with Crippen LogP contribution in [0.4, 0.5) is 0 Å². The van der Waals surface area contributed by atoms with Gasteiger partial charge >= 0.3 is 5.91 Å². The molecule has 108 valence electrons. The summed E-state index contributed by atoms with van der Waals surface area (Å²) in [7, 11) is 1.69. The van der Waals surface area contributed by atoms with E-state index in [1.807, 2.05) is 24.3 Å². The van der Waals surface area contributed by atoms with Crippen LogP contribution in [0.2, 0.25) is 0 Å². The van der Waals surface area contributed by atoms with E-state index in [-0.39, 0.29) is 0 Å². The van der Waals surface area contributed by atoms with Gasteiger partial charge in [0.25, 0.3) is 0 Å². The number of fused-ring (bicyclic) bond motifs is 1. The molecule has 6 heteroatoms. The van der Waals surface area contributed by atoms with Gasteiger partial charge in [-0.05, 0) is 18.2 Å². The predicted octanol–water partition coefficient (Wildman–Crippen LogP) is 2.31. The number of thioether (sulfide) groups is 1. The van der Waals surface area contributed by atoms with Crippen LogP contribution in [0.5, 0.6) is 0 Å². The number of para-hydroxylation sites is 1. The molecule has 0 fully saturated rings. The third-order valence-electron chi connectivity index (χ3n) is 2.92. The average molecular weight is 294 g/mol. The largest absolute Gasteiger partial charge is 0.451 e. The zero-order valence-electron chi connectivity index (χ0n) is 11.3. The number of furan rings is 1. The summed E-state index contributed by atoms with van der Waals surface area (Å²) < 4.78 is 10.6. The molecule has 0 saturated heterocycles. The summed E-state index contributed by atoms with van der Waals surface area (Å²) in [5.74, 6) is 6.79. The van der Waals surface area contributed by atoms with Gasteiger partial charge in [-0.1, -0.05) is 18.2 Å². The lowest BCUT2D eigenvalue weighted by Gasteiger charge is -2.03. The molecular formula is C14H18N2O3S. The Morgan fingerprint density at radius 1 is 1.45 bits per heavy atom. The molecule has 2 rings (SSSR count). The van der Waals surface area contributed by atoms with Crippen LogP contribution in [0.3, 0.4) is 0 Å². The summed E-state index contributed by atoms with van der Waals surface area (Å²) in [6.45, 7) is 0.745. The molecular weight excluding hydrogens is 276 g/mol. The van der Waals surface area contributed by atoms with Crippen LogP contribution < -0.4 is 11.3 Å². The first-order valence-corrected chi connectivity index (χ1v) is 7.51. The molecule has 0 bridgehead atoms. The van der Waals surface area contributed by atoms with Gasteiger partial charge in [0.05, 0.1) is 0 Å². The van der Waals surface area contributed by atoms with E-state index in [0.29, 0.717) is 17.1 Å². The number of hydrazine groups is 1. The Balaban J connectivity index is 2.18. The number of carbonyl (C=O) groups is 1. The van der Waals surface area contributed by atoms with E-state index in [9.17, 15) is 4.79 Å². The number of nitrogens with one attached hydrogen (secondary N) is 1. The van der Waals surface area contributed by atoms with Crippen molar-refractivity contribution in [1.82, 2.24) is 5.43 Å². The summed E-state index contributed by atoms with van der Waals surface area (Å²) >= 11 is 1.75. The normalized spacial score (nSPS) is 10.9. The van der Waals surface area contributed by atoms with E-state index < -0.39 is 5.91 Å². The zero-order valence-corrected chi connectivity index (χ0v) is 12.2. The topological polar surface area (TPSA) is 77.5 Å². The number of nitrogen functional groups attached to an aromatic ring is 1. The number of amides is 1. The fourth-order valence-electron chi connectivity index (χ4n) is 1.97. The molecule has 1 amide bonds. The SMILES string of the molecule is COCCCSCc1c(C(=O)NN)oc2ccccc12. The number of ether oxygens (including phenoxy) is 1. The number of methoxy groups -OCH3 is 1. The van der Waals surface area contributed by atoms with Gasteiger partial charge in [0.1, 0.15) is 5.58 Å². The van der Waals surface area contributed by atoms with Gasteiger partial charge in [-0.25, -0.2) is 5.84 Å². The third-order valence-corrected chi connectivity index (χ3v) is 3.99. The minimum atomic E-state index is -0.395. The first kappa shape index (κ1) is 14.9. The molecule has 0 saturated carbocycles. The van der Waals surface area contributed by atoms with E-state index in [1.165, 1.54) is 0 Å². The van der Waals surface area contributed by atoms with Crippen molar-refractivity contribution in [2.75, 3.05) is 19.5 Å². The van der Waals surface area contributed by atoms with Crippen LogP contribution in [0.1, 0.15) is 22.5 Å². The summed E-state index contributed by atoms with van der Waals surface area (Å²) in [6, 6.07) is 7.62. The van der Waals surface area contributed by atoms with Crippen molar-refractivity contribution in [3.8, 4) is 0 Å². The number of hydrogen-bond donors (Lipinski definition) is 2. The maximum atomic E-state index is 11.8. The molecule has 1 heterocycles. The number of benzene rings is 1. The van der Waals surface area contributed by atoms with E-state index in [4.69, 9.17) is 15.0 Å². The van der Waals surface area contributed by atoms with Crippen LogP contribution in [-0.2, 0) is 10.5 Å². The molecule has 0 spiro atoms. The van der Waals surface area contributed by atoms with Gasteiger partial charge in [-0.2, -0.15) is 11.8 Å². The van der Waals surface area contributed by atoms with Gasteiger partial charge in [0, 0.05) is 30.4 Å². The van der Waals surface area contributed by atoms with Crippen molar-refractivity contribution < 1.29 is 13.9 Å². The highest BCUT2D eigenvalue weighted by Crippen LogP contribution is 2.29. The highest BCUT2D eigenvalue weighted by Gasteiger charge is 2.19. The van der Waals surface area contributed by atoms with Gasteiger partial charge < -0.3 is 9.15 Å². The maximum Gasteiger partial charge on any atom is 0.301 e. The maximum absolute atomic E-state index is 11.8. The molecule has 0 aliphatic rings. The van der Waals surface area contributed by atoms with E-state index >= 15 is 0 Å². The van der Waals surface area contributed by atoms with Crippen molar-refractivity contribution in [3.63, 3.8) is 0 Å². The van der Waals surface area contributed by atoms with E-state index in [0.717, 1.165) is 29.7 Å². The molecule has 1 aromatic carbocycles. The van der Waals surface area contributed by atoms with Gasteiger partial charge in [0.2, 0.25) is 0 Å². The quantitative estimate of drug-likeness (QED) is 0.354. The molecule has 2 aromatic rings. The second kappa shape index (κ2) is 7.33. The lowest BCUT2D eigenvalue weighted by atomic mass is 10.1. The highest BCUT2D eigenvalue weighted by atomic mass is 32.2. The molecule has 0 atom stereocenters. The predicted molar refractivity (Wildman–Crippen MR) is 80.5 cm³/mol. The molecule has 3 N–H and O–H groups in total. The van der Waals surface area contributed by atoms with Crippen molar-refractivity contribution >= 4 is 28.6 Å². The second-order valence-corrected chi connectivity index (χ2v) is 5.38. The Bertz CT molecular complexity index is 583. The molecule has 20 heavy (non-hydrogen) atoms. The van der Waals surface area contributed by atoms with Gasteiger partial charge in [0.15, 0.2) is 5.76 Å². The first-order valence-electron chi connectivity index (χ1n) is 6.36. The third kappa shape index (κ3) is 3.33. The van der Waals surface area contributed by atoms with Crippen molar-refractivity contribution in [1.29, 1.82) is 0 Å². The fourth-order valence-corrected chi connectivity index (χ4v) is 2.93. The molecule has 0 aliphatic heterocycles. The second-order valence-electron chi connectivity index (χ2n) is 4.28. The molecule has 5 nitrogen and oxygen atoms in total. The van der Waals surface area contributed by atoms with Crippen LogP contribution in [0.25, 0.3) is 11.0 Å². The summed E-state index contributed by atoms with van der Waals surface area (Å²) in [6.07, 6.45) is 0.982. The average Bonchev–Trinajstić information content (AvgIpc) is 2.85. The fraction of sp³-hybridized carbons (Fsp3) is 0.357. The van der Waals surface area contributed by atoms with Crippen LogP contribution in [0, 0.1) is 0 Å². The monoisotopic (exact) mass is 294 g/mol. The van der Waals surface area contributed by atoms with Gasteiger partial charge in [-0.3, -0.25) is 10.2 Å². The summed E-state index contributed by atoms with van der Waals surface area (Å²) in [5.41, 5.74) is 3.73. The smallest absolute Gasteiger partial charge is 0.301 e. The van der Waals surface area contributed by atoms with E-state index in [2.05, 4.69) is 5.43 Å². The lowest BCUT2D eigenvalue weighted by Crippen LogP contribution is -2.30. The van der Waals surface area contributed by atoms with Gasteiger partial charge in [-0.15, -0.1) is 0 Å². The highest BCUT2D eigenvalue weighted by molar-refractivity contribution is 7.98. The standard InChI is InChI=1S/C14H18N2O3S/c1-18-7-4-8-20-9-11-10-5-2-3-6-12(10)19-13(11)14(17)16-15/h2-3,5-6H,4,7-9,15H2,1H3,(H,16,17). The molecule has 1 aromatic heterocycles. The van der Waals surface area contributed by atoms with Crippen molar-refractivity contribution in [3.05, 3.63) is 35.6 Å². The zero-order chi connectivity index (χ0) is 14.4. The Kier molecular flexibility index (Phi) is 5.46. The van der Waals surface area contributed by atoms with Crippen molar-refractivity contribution in [2.24, 2.45) is 5.84 Å². The number of carbonyl (C=O) groups excluding carboxylic acids is 1.